The molecule has 10 heteroatoms. The van der Waals surface area contributed by atoms with Gasteiger partial charge in [-0.15, -0.1) is 0 Å². The third-order valence-electron chi connectivity index (χ3n) is 8.29. The van der Waals surface area contributed by atoms with Gasteiger partial charge < -0.3 is 19.4 Å². The van der Waals surface area contributed by atoms with E-state index in [9.17, 15) is 10.1 Å². The first kappa shape index (κ1) is 27.9. The molecule has 6 rings (SSSR count). The van der Waals surface area contributed by atoms with Gasteiger partial charge in [-0.3, -0.25) is 4.79 Å². The minimum absolute atomic E-state index is 0.174. The highest BCUT2D eigenvalue weighted by Gasteiger charge is 2.31. The fourth-order valence-electron chi connectivity index (χ4n) is 6.03. The zero-order valence-corrected chi connectivity index (χ0v) is 24.3. The molecule has 0 spiro atoms. The molecule has 2 atom stereocenters. The molecule has 2 aromatic carbocycles. The highest BCUT2D eigenvalue weighted by molar-refractivity contribution is 6.36. The number of benzene rings is 2. The predicted molar refractivity (Wildman–Crippen MR) is 165 cm³/mol. The number of carbonyl (C=O) groups is 1. The van der Waals surface area contributed by atoms with E-state index in [-0.39, 0.29) is 24.4 Å². The molecule has 1 amide bonds. The van der Waals surface area contributed by atoms with Gasteiger partial charge in [0, 0.05) is 41.6 Å². The van der Waals surface area contributed by atoms with Gasteiger partial charge >= 0.3 is 6.01 Å². The minimum atomic E-state index is -0.291. The first-order valence-corrected chi connectivity index (χ1v) is 14.6. The molecule has 0 N–H and O–H groups in total. The molecule has 0 unspecified atom stereocenters. The zero-order valence-electron chi connectivity index (χ0n) is 23.5. The third kappa shape index (κ3) is 5.36. The summed E-state index contributed by atoms with van der Waals surface area (Å²) in [5.41, 5.74) is 2.18. The van der Waals surface area contributed by atoms with Crippen LogP contribution in [0.15, 0.2) is 61.2 Å². The number of pyridine rings is 1. The summed E-state index contributed by atoms with van der Waals surface area (Å²) in [4.78, 5) is 33.2. The Morgan fingerprint density at radius 1 is 1.12 bits per heavy atom. The highest BCUT2D eigenvalue weighted by Crippen LogP contribution is 2.35. The zero-order chi connectivity index (χ0) is 29.2. The number of amides is 1. The fourth-order valence-corrected chi connectivity index (χ4v) is 6.32. The molecule has 214 valence electrons. The summed E-state index contributed by atoms with van der Waals surface area (Å²) in [6, 6.07) is 18.4. The number of carbonyl (C=O) groups excluding carboxylic acids is 1. The molecule has 2 aliphatic rings. The molecular weight excluding hydrogens is 550 g/mol. The van der Waals surface area contributed by atoms with E-state index in [1.807, 2.05) is 48.5 Å². The molecule has 2 aromatic heterocycles. The van der Waals surface area contributed by atoms with Crippen molar-refractivity contribution in [3.8, 4) is 23.3 Å². The Balaban J connectivity index is 1.42. The first-order chi connectivity index (χ1) is 20.5. The standard InChI is InChI=1S/C32H32ClN7O2/c1-3-28(41)40-18-17-39(19-22(40)14-15-34)31-25-12-13-27(24-10-4-7-21-8-5-11-26(33)29(21)24)35-30(25)36-32(37-31)42-20-23-9-6-16-38(23)2/h3-5,7-8,10-13,22-23H,1,6,9,14,16-20H2,2H3/t22-,23-/m0/s1. The van der Waals surface area contributed by atoms with Crippen molar-refractivity contribution in [1.29, 1.82) is 5.26 Å². The number of nitriles is 1. The molecule has 0 aliphatic carbocycles. The van der Waals surface area contributed by atoms with Crippen molar-refractivity contribution in [1.82, 2.24) is 24.8 Å². The largest absolute Gasteiger partial charge is 0.462 e. The topological polar surface area (TPSA) is 98.5 Å². The maximum atomic E-state index is 12.5. The second-order valence-electron chi connectivity index (χ2n) is 10.8. The lowest BCUT2D eigenvalue weighted by molar-refractivity contribution is -0.128. The summed E-state index contributed by atoms with van der Waals surface area (Å²) >= 11 is 6.64. The lowest BCUT2D eigenvalue weighted by Crippen LogP contribution is -2.55. The van der Waals surface area contributed by atoms with E-state index < -0.39 is 0 Å². The minimum Gasteiger partial charge on any atom is -0.462 e. The predicted octanol–water partition coefficient (Wildman–Crippen LogP) is 5.09. The number of anilines is 1. The Labute approximate surface area is 250 Å². The maximum Gasteiger partial charge on any atom is 0.320 e. The average Bonchev–Trinajstić information content (AvgIpc) is 3.43. The van der Waals surface area contributed by atoms with Crippen LogP contribution in [-0.2, 0) is 4.79 Å². The van der Waals surface area contributed by atoms with E-state index in [0.29, 0.717) is 48.8 Å². The van der Waals surface area contributed by atoms with Gasteiger partial charge in [0.15, 0.2) is 5.65 Å². The molecule has 0 radical (unpaired) electrons. The van der Waals surface area contributed by atoms with Crippen LogP contribution in [0.3, 0.4) is 0 Å². The molecule has 2 fully saturated rings. The quantitative estimate of drug-likeness (QED) is 0.278. The second-order valence-corrected chi connectivity index (χ2v) is 11.2. The molecule has 2 aliphatic heterocycles. The van der Waals surface area contributed by atoms with E-state index in [4.69, 9.17) is 31.3 Å². The van der Waals surface area contributed by atoms with Crippen molar-refractivity contribution in [2.75, 3.05) is 44.7 Å². The molecule has 2 saturated heterocycles. The summed E-state index contributed by atoms with van der Waals surface area (Å²) < 4.78 is 6.20. The Bertz CT molecular complexity index is 1700. The van der Waals surface area contributed by atoms with Gasteiger partial charge in [0.05, 0.1) is 29.6 Å². The van der Waals surface area contributed by atoms with Crippen molar-refractivity contribution in [3.05, 3.63) is 66.2 Å². The number of rotatable bonds is 7. The van der Waals surface area contributed by atoms with Crippen LogP contribution < -0.4 is 9.64 Å². The van der Waals surface area contributed by atoms with Gasteiger partial charge in [0.2, 0.25) is 5.91 Å². The monoisotopic (exact) mass is 581 g/mol. The number of aromatic nitrogens is 3. The van der Waals surface area contributed by atoms with Gasteiger partial charge in [-0.25, -0.2) is 4.98 Å². The SMILES string of the molecule is C=CC(=O)N1CCN(c2nc(OC[C@@H]3CCCN3C)nc3nc(-c4cccc5cccc(Cl)c45)ccc23)C[C@@H]1CC#N. The first-order valence-electron chi connectivity index (χ1n) is 14.2. The van der Waals surface area contributed by atoms with Gasteiger partial charge in [-0.1, -0.05) is 48.5 Å². The number of piperazine rings is 1. The van der Waals surface area contributed by atoms with Crippen LogP contribution in [0.5, 0.6) is 6.01 Å². The number of likely N-dealkylation sites (N-methyl/N-ethyl adjacent to an activating group) is 1. The molecular formula is C32H32ClN7O2. The van der Waals surface area contributed by atoms with E-state index in [1.165, 1.54) is 6.08 Å². The summed E-state index contributed by atoms with van der Waals surface area (Å²) in [5.74, 6) is 0.505. The Hall–Kier alpha value is -4.26. The molecule has 0 saturated carbocycles. The summed E-state index contributed by atoms with van der Waals surface area (Å²) in [7, 11) is 2.11. The molecule has 4 heterocycles. The Morgan fingerprint density at radius 2 is 1.95 bits per heavy atom. The van der Waals surface area contributed by atoms with Crippen LogP contribution in [0.2, 0.25) is 5.02 Å². The van der Waals surface area contributed by atoms with Crippen molar-refractivity contribution >= 4 is 45.1 Å². The lowest BCUT2D eigenvalue weighted by Gasteiger charge is -2.41. The van der Waals surface area contributed by atoms with Crippen molar-refractivity contribution in [3.63, 3.8) is 0 Å². The summed E-state index contributed by atoms with van der Waals surface area (Å²) in [6.45, 7) is 6.60. The summed E-state index contributed by atoms with van der Waals surface area (Å²) in [6.07, 6.45) is 3.72. The number of halogens is 1. The van der Waals surface area contributed by atoms with Gasteiger partial charge in [-0.05, 0) is 56.1 Å². The third-order valence-corrected chi connectivity index (χ3v) is 8.61. The Kier molecular flexibility index (Phi) is 7.92. The normalized spacial score (nSPS) is 19.3. The van der Waals surface area contributed by atoms with E-state index in [0.717, 1.165) is 46.8 Å². The maximum absolute atomic E-state index is 12.5. The van der Waals surface area contributed by atoms with E-state index in [2.05, 4.69) is 29.5 Å². The number of hydrogen-bond donors (Lipinski definition) is 0. The number of ether oxygens (including phenoxy) is 1. The van der Waals surface area contributed by atoms with E-state index in [1.54, 1.807) is 4.90 Å². The van der Waals surface area contributed by atoms with E-state index >= 15 is 0 Å². The molecule has 4 aromatic rings. The molecule has 0 bridgehead atoms. The molecule has 42 heavy (non-hydrogen) atoms. The Morgan fingerprint density at radius 3 is 2.71 bits per heavy atom. The smallest absolute Gasteiger partial charge is 0.320 e. The average molecular weight is 582 g/mol. The molecule has 9 nitrogen and oxygen atoms in total. The summed E-state index contributed by atoms with van der Waals surface area (Å²) in [5, 5.41) is 12.9. The van der Waals surface area contributed by atoms with Crippen molar-refractivity contribution in [2.24, 2.45) is 0 Å². The van der Waals surface area contributed by atoms with Gasteiger partial charge in [0.1, 0.15) is 12.4 Å². The lowest BCUT2D eigenvalue weighted by atomic mass is 10.0. The second kappa shape index (κ2) is 11.9. The fraction of sp³-hybridized carbons (Fsp3) is 0.344. The van der Waals surface area contributed by atoms with Crippen LogP contribution >= 0.6 is 11.6 Å². The highest BCUT2D eigenvalue weighted by atomic mass is 35.5. The van der Waals surface area contributed by atoms with Crippen LogP contribution in [0, 0.1) is 11.3 Å². The van der Waals surface area contributed by atoms with Gasteiger partial charge in [-0.2, -0.15) is 15.2 Å². The van der Waals surface area contributed by atoms with Gasteiger partial charge in [0.25, 0.3) is 0 Å². The number of hydrogen-bond acceptors (Lipinski definition) is 8. The van der Waals surface area contributed by atoms with Crippen LogP contribution in [0.1, 0.15) is 19.3 Å². The number of nitrogens with zero attached hydrogens (tertiary/aromatic N) is 7. The van der Waals surface area contributed by atoms with Crippen molar-refractivity contribution < 1.29 is 9.53 Å². The van der Waals surface area contributed by atoms with Crippen LogP contribution in [-0.4, -0.2) is 82.6 Å². The number of likely N-dealkylation sites (tertiary alicyclic amines) is 1. The van der Waals surface area contributed by atoms with Crippen LogP contribution in [0.25, 0.3) is 33.1 Å². The number of fused-ring (bicyclic) bond motifs is 2. The van der Waals surface area contributed by atoms with Crippen molar-refractivity contribution in [2.45, 2.75) is 31.3 Å². The van der Waals surface area contributed by atoms with Crippen LogP contribution in [0.4, 0.5) is 5.82 Å².